The molecule has 1 atom stereocenters. The van der Waals surface area contributed by atoms with Gasteiger partial charge in [-0.2, -0.15) is 0 Å². The average molecular weight is 1130 g/mol. The number of ether oxygens (including phenoxy) is 3. The first kappa shape index (κ1) is 77.3. The molecule has 0 aliphatic heterocycles. The van der Waals surface area contributed by atoms with Crippen molar-refractivity contribution in [3.8, 4) is 0 Å². The third kappa shape index (κ3) is 66.1. The zero-order chi connectivity index (χ0) is 59.2. The van der Waals surface area contributed by atoms with Crippen molar-refractivity contribution in [1.29, 1.82) is 0 Å². The van der Waals surface area contributed by atoms with Gasteiger partial charge < -0.3 is 14.2 Å². The molecule has 0 bridgehead atoms. The van der Waals surface area contributed by atoms with Crippen LogP contribution in [0.15, 0.2) is 146 Å². The van der Waals surface area contributed by atoms with Crippen LogP contribution in [0.5, 0.6) is 0 Å². The molecule has 0 fully saturated rings. The largest absolute Gasteiger partial charge is 0.462 e. The van der Waals surface area contributed by atoms with E-state index < -0.39 is 6.10 Å². The molecule has 0 N–H and O–H groups in total. The molecule has 0 aromatic heterocycles. The maximum absolute atomic E-state index is 12.9. The quantitative estimate of drug-likeness (QED) is 0.0261. The fraction of sp³-hybridized carbons (Fsp3) is 0.645. The maximum Gasteiger partial charge on any atom is 0.306 e. The molecule has 0 aliphatic rings. The van der Waals surface area contributed by atoms with Crippen LogP contribution >= 0.6 is 0 Å². The van der Waals surface area contributed by atoms with E-state index in [1.165, 1.54) is 122 Å². The number of hydrogen-bond acceptors (Lipinski definition) is 6. The Bertz CT molecular complexity index is 1780. The predicted octanol–water partition coefficient (Wildman–Crippen LogP) is 23.5. The van der Waals surface area contributed by atoms with Gasteiger partial charge in [-0.25, -0.2) is 0 Å². The third-order valence-electron chi connectivity index (χ3n) is 14.1. The number of esters is 3. The van der Waals surface area contributed by atoms with Gasteiger partial charge in [0.1, 0.15) is 13.2 Å². The molecule has 0 saturated heterocycles. The molecule has 0 aromatic carbocycles. The standard InChI is InChI=1S/C76H124O6/c1-4-7-10-13-16-19-22-25-27-29-31-32-33-34-35-36-37-38-39-40-41-42-43-44-45-47-48-51-54-57-60-63-66-69-75(78)81-72-73(71-80-74(77)68-65-62-59-56-53-50-24-21-18-15-12-9-6-3)82-76(79)70-67-64-61-58-55-52-49-46-30-28-26-23-20-17-14-11-8-5-2/h7,10,16,19-20,23,25,27-28,30-32,34-35,37-38,40-41,43-44,47-48,54,57,73H,4-6,8-9,11-15,17-18,21-22,24,26,29,33,36,39,42,45-46,49-53,55-56,58-72H2,1-3H3/b10-7-,19-16-,23-20-,27-25-,30-28-,32-31-,35-34-,38-37-,41-40-,44-43-,48-47-,57-54-. The van der Waals surface area contributed by atoms with Crippen molar-refractivity contribution >= 4 is 17.9 Å². The summed E-state index contributed by atoms with van der Waals surface area (Å²) < 4.78 is 16.9. The Morgan fingerprint density at radius 1 is 0.256 bits per heavy atom. The molecule has 6 heteroatoms. The van der Waals surface area contributed by atoms with Gasteiger partial charge in [-0.3, -0.25) is 14.4 Å². The Hall–Kier alpha value is -4.71. The van der Waals surface area contributed by atoms with Crippen LogP contribution in [0, 0.1) is 0 Å². The zero-order valence-corrected chi connectivity index (χ0v) is 53.2. The second-order valence-corrected chi connectivity index (χ2v) is 22.0. The summed E-state index contributed by atoms with van der Waals surface area (Å²) in [7, 11) is 0. The van der Waals surface area contributed by atoms with Gasteiger partial charge in [0.05, 0.1) is 0 Å². The van der Waals surface area contributed by atoms with E-state index in [0.717, 1.165) is 128 Å². The van der Waals surface area contributed by atoms with Crippen LogP contribution in [0.25, 0.3) is 0 Å². The van der Waals surface area contributed by atoms with Crippen molar-refractivity contribution < 1.29 is 28.6 Å². The summed E-state index contributed by atoms with van der Waals surface area (Å²) in [5, 5.41) is 0. The van der Waals surface area contributed by atoms with Crippen LogP contribution in [0.2, 0.25) is 0 Å². The number of carbonyl (C=O) groups is 3. The molecule has 0 amide bonds. The fourth-order valence-electron chi connectivity index (χ4n) is 9.03. The van der Waals surface area contributed by atoms with Crippen LogP contribution in [-0.4, -0.2) is 37.2 Å². The molecule has 464 valence electrons. The molecule has 6 nitrogen and oxygen atoms in total. The van der Waals surface area contributed by atoms with Crippen molar-refractivity contribution in [3.05, 3.63) is 146 Å². The zero-order valence-electron chi connectivity index (χ0n) is 53.2. The second kappa shape index (κ2) is 68.8. The lowest BCUT2D eigenvalue weighted by molar-refractivity contribution is -0.167. The first-order valence-electron chi connectivity index (χ1n) is 33.8. The molecular weight excluding hydrogens is 1010 g/mol. The van der Waals surface area contributed by atoms with Gasteiger partial charge in [0.25, 0.3) is 0 Å². The van der Waals surface area contributed by atoms with E-state index in [1.807, 2.05) is 0 Å². The number of unbranched alkanes of at least 4 members (excludes halogenated alkanes) is 25. The van der Waals surface area contributed by atoms with Crippen LogP contribution < -0.4 is 0 Å². The minimum Gasteiger partial charge on any atom is -0.462 e. The lowest BCUT2D eigenvalue weighted by Gasteiger charge is -2.18. The van der Waals surface area contributed by atoms with Gasteiger partial charge in [0, 0.05) is 19.3 Å². The van der Waals surface area contributed by atoms with Gasteiger partial charge in [-0.1, -0.05) is 295 Å². The van der Waals surface area contributed by atoms with Gasteiger partial charge in [0.2, 0.25) is 0 Å². The van der Waals surface area contributed by atoms with Gasteiger partial charge in [0.15, 0.2) is 6.10 Å². The monoisotopic (exact) mass is 1130 g/mol. The summed E-state index contributed by atoms with van der Waals surface area (Å²) >= 11 is 0. The lowest BCUT2D eigenvalue weighted by Crippen LogP contribution is -2.30. The maximum atomic E-state index is 12.9. The molecular formula is C76H124O6. The van der Waals surface area contributed by atoms with Crippen molar-refractivity contribution in [2.75, 3.05) is 13.2 Å². The molecule has 82 heavy (non-hydrogen) atoms. The summed E-state index contributed by atoms with van der Waals surface area (Å²) in [6, 6.07) is 0. The van der Waals surface area contributed by atoms with Crippen LogP contribution in [-0.2, 0) is 28.6 Å². The van der Waals surface area contributed by atoms with Crippen molar-refractivity contribution in [3.63, 3.8) is 0 Å². The highest BCUT2D eigenvalue weighted by molar-refractivity contribution is 5.71. The summed E-state index contributed by atoms with van der Waals surface area (Å²) in [5.41, 5.74) is 0. The lowest BCUT2D eigenvalue weighted by atomic mass is 10.0. The van der Waals surface area contributed by atoms with E-state index in [0.29, 0.717) is 25.7 Å². The summed E-state index contributed by atoms with van der Waals surface area (Å²) in [4.78, 5) is 38.3. The molecule has 0 aliphatic carbocycles. The highest BCUT2D eigenvalue weighted by atomic mass is 16.6. The molecule has 0 heterocycles. The van der Waals surface area contributed by atoms with Crippen molar-refractivity contribution in [2.24, 2.45) is 0 Å². The molecule has 0 aromatic rings. The number of carbonyl (C=O) groups excluding carboxylic acids is 3. The van der Waals surface area contributed by atoms with E-state index in [9.17, 15) is 14.4 Å². The Morgan fingerprint density at radius 2 is 0.476 bits per heavy atom. The highest BCUT2D eigenvalue weighted by Gasteiger charge is 2.19. The first-order valence-corrected chi connectivity index (χ1v) is 33.8. The van der Waals surface area contributed by atoms with Gasteiger partial charge >= 0.3 is 17.9 Å². The minimum atomic E-state index is -0.805. The van der Waals surface area contributed by atoms with Crippen molar-refractivity contribution in [1.82, 2.24) is 0 Å². The Balaban J connectivity index is 4.40. The number of hydrogen-bond donors (Lipinski definition) is 0. The minimum absolute atomic E-state index is 0.0967. The van der Waals surface area contributed by atoms with Crippen LogP contribution in [0.3, 0.4) is 0 Å². The first-order chi connectivity index (χ1) is 40.5. The molecule has 0 rings (SSSR count). The average Bonchev–Trinajstić information content (AvgIpc) is 3.47. The van der Waals surface area contributed by atoms with E-state index in [-0.39, 0.29) is 31.1 Å². The fourth-order valence-corrected chi connectivity index (χ4v) is 9.03. The Kier molecular flexibility index (Phi) is 64.8. The topological polar surface area (TPSA) is 78.9 Å². The molecule has 0 saturated carbocycles. The Labute approximate surface area is 506 Å². The van der Waals surface area contributed by atoms with Crippen LogP contribution in [0.4, 0.5) is 0 Å². The van der Waals surface area contributed by atoms with Gasteiger partial charge in [-0.05, 0) is 128 Å². The van der Waals surface area contributed by atoms with E-state index in [4.69, 9.17) is 14.2 Å². The summed E-state index contributed by atoms with van der Waals surface area (Å²) in [5.74, 6) is -0.947. The SMILES string of the molecule is CC/C=C\C/C=C\C/C=C\C/C=C\C/C=C\C/C=C\C/C=C\C/C=C\C/C=C\C/C=C\CCCCC(=O)OCC(COC(=O)CCCCCCCCCCCCCCC)OC(=O)CCCCCCCCC/C=C\C/C=C\CCCCCC. The third-order valence-corrected chi connectivity index (χ3v) is 14.1. The number of allylic oxidation sites excluding steroid dienone is 24. The molecule has 0 spiro atoms. The second-order valence-electron chi connectivity index (χ2n) is 22.0. The summed E-state index contributed by atoms with van der Waals surface area (Å²) in [6.45, 7) is 6.48. The molecule has 0 radical (unpaired) electrons. The predicted molar refractivity (Wildman–Crippen MR) is 357 cm³/mol. The molecule has 1 unspecified atom stereocenters. The van der Waals surface area contributed by atoms with E-state index in [1.54, 1.807) is 0 Å². The van der Waals surface area contributed by atoms with E-state index >= 15 is 0 Å². The summed E-state index contributed by atoms with van der Waals surface area (Å²) in [6.07, 6.45) is 98.6. The van der Waals surface area contributed by atoms with Crippen LogP contribution in [0.1, 0.15) is 297 Å². The Morgan fingerprint density at radius 3 is 0.780 bits per heavy atom. The highest BCUT2D eigenvalue weighted by Crippen LogP contribution is 2.15. The van der Waals surface area contributed by atoms with Crippen molar-refractivity contribution in [2.45, 2.75) is 303 Å². The number of rotatable bonds is 60. The normalized spacial score (nSPS) is 13.1. The smallest absolute Gasteiger partial charge is 0.306 e. The van der Waals surface area contributed by atoms with E-state index in [2.05, 4.69) is 167 Å². The van der Waals surface area contributed by atoms with Gasteiger partial charge in [-0.15, -0.1) is 0 Å².